The lowest BCUT2D eigenvalue weighted by Crippen LogP contribution is -2.42. The molecule has 0 saturated heterocycles. The van der Waals surface area contributed by atoms with Crippen molar-refractivity contribution in [2.75, 3.05) is 13.3 Å². The first-order valence-electron chi connectivity index (χ1n) is 9.78. The molecule has 0 saturated carbocycles. The zero-order valence-electron chi connectivity index (χ0n) is 17.7. The first kappa shape index (κ1) is 25.8. The average molecular weight is 498 g/mol. The van der Waals surface area contributed by atoms with Gasteiger partial charge in [0.2, 0.25) is 0 Å². The Balaban J connectivity index is 2.05. The Labute approximate surface area is 197 Å². The normalized spacial score (nSPS) is 14.3. The van der Waals surface area contributed by atoms with Crippen molar-refractivity contribution in [3.8, 4) is 0 Å². The Morgan fingerprint density at radius 1 is 1.06 bits per heavy atom. The molecule has 0 bridgehead atoms. The van der Waals surface area contributed by atoms with Crippen LogP contribution < -0.4 is 5.32 Å². The summed E-state index contributed by atoms with van der Waals surface area (Å²) in [4.78, 5) is 36.1. The van der Waals surface area contributed by atoms with Crippen molar-refractivity contribution in [3.05, 3.63) is 71.8 Å². The van der Waals surface area contributed by atoms with Gasteiger partial charge in [-0.05, 0) is 23.7 Å². The van der Waals surface area contributed by atoms with Crippen molar-refractivity contribution >= 4 is 46.5 Å². The Bertz CT molecular complexity index is 959. The molecular weight excluding hydrogens is 473 g/mol. The molecule has 32 heavy (non-hydrogen) atoms. The van der Waals surface area contributed by atoms with E-state index in [1.165, 1.54) is 14.0 Å². The van der Waals surface area contributed by atoms with Gasteiger partial charge >= 0.3 is 18.0 Å². The number of hydrogen-bond acceptors (Lipinski definition) is 7. The highest BCUT2D eigenvalue weighted by Crippen LogP contribution is 2.64. The Morgan fingerprint density at radius 3 is 2.22 bits per heavy atom. The van der Waals surface area contributed by atoms with E-state index >= 15 is 0 Å². The lowest BCUT2D eigenvalue weighted by molar-refractivity contribution is -0.144. The summed E-state index contributed by atoms with van der Waals surface area (Å²) in [7, 11) is 1.22. The number of methoxy groups -OCH3 is 1. The third-order valence-electron chi connectivity index (χ3n) is 4.43. The molecule has 2 unspecified atom stereocenters. The van der Waals surface area contributed by atoms with Crippen molar-refractivity contribution in [3.63, 3.8) is 0 Å². The summed E-state index contributed by atoms with van der Waals surface area (Å²) in [6.45, 7) is 1.33. The Hall–Kier alpha value is -2.41. The van der Waals surface area contributed by atoms with Gasteiger partial charge in [-0.3, -0.25) is 4.79 Å². The van der Waals surface area contributed by atoms with E-state index in [4.69, 9.17) is 37.3 Å². The third kappa shape index (κ3) is 8.26. The molecule has 0 aliphatic carbocycles. The molecule has 0 heterocycles. The predicted molar refractivity (Wildman–Crippen MR) is 126 cm³/mol. The highest BCUT2D eigenvalue weighted by atomic mass is 35.7. The van der Waals surface area contributed by atoms with Gasteiger partial charge < -0.3 is 19.5 Å². The van der Waals surface area contributed by atoms with Crippen molar-refractivity contribution < 1.29 is 28.6 Å². The number of rotatable bonds is 10. The molecule has 2 rings (SSSR count). The Morgan fingerprint density at radius 2 is 1.66 bits per heavy atom. The molecule has 2 aromatic rings. The minimum absolute atomic E-state index is 0.0522. The maximum atomic E-state index is 12.2. The van der Waals surface area contributed by atoms with Crippen molar-refractivity contribution in [2.45, 2.75) is 31.8 Å². The van der Waals surface area contributed by atoms with Gasteiger partial charge in [0.05, 0.1) is 12.5 Å². The summed E-state index contributed by atoms with van der Waals surface area (Å²) < 4.78 is 15.4. The monoisotopic (exact) mass is 497 g/mol. The van der Waals surface area contributed by atoms with E-state index in [-0.39, 0.29) is 19.2 Å². The second kappa shape index (κ2) is 12.6. The summed E-state index contributed by atoms with van der Waals surface area (Å²) in [5.41, 5.74) is 1.48. The fraction of sp³-hybridized carbons (Fsp3) is 0.318. The van der Waals surface area contributed by atoms with Crippen molar-refractivity contribution in [2.24, 2.45) is 0 Å². The summed E-state index contributed by atoms with van der Waals surface area (Å²) in [6, 6.07) is 17.1. The fourth-order valence-corrected chi connectivity index (χ4v) is 6.19. The van der Waals surface area contributed by atoms with Gasteiger partial charge in [-0.1, -0.05) is 83.7 Å². The zero-order valence-corrected chi connectivity index (χ0v) is 20.2. The lowest BCUT2D eigenvalue weighted by atomic mass is 10.2. The molecule has 0 radical (unpaired) electrons. The summed E-state index contributed by atoms with van der Waals surface area (Å²) in [5.74, 6) is -1.99. The van der Waals surface area contributed by atoms with E-state index in [1.54, 1.807) is 24.3 Å². The molecule has 3 atom stereocenters. The number of esters is 2. The molecule has 0 fully saturated rings. The maximum absolute atomic E-state index is 12.2. The molecule has 0 aliphatic heterocycles. The van der Waals surface area contributed by atoms with Crippen LogP contribution in [0.15, 0.2) is 60.7 Å². The molecule has 0 spiro atoms. The molecule has 172 valence electrons. The van der Waals surface area contributed by atoms with Crippen LogP contribution in [0.4, 0.5) is 4.79 Å². The zero-order chi connectivity index (χ0) is 23.6. The molecule has 1 N–H and O–H groups in total. The van der Waals surface area contributed by atoms with Crippen LogP contribution in [0.1, 0.15) is 30.3 Å². The standard InChI is InChI=1S/C22H25ClNO6PS/c1-16(25)30-21(18-11-7-4-8-12-18)31(23,32)14-13-19(20(26)28-2)24-22(27)29-15-17-9-5-3-6-10-17/h3-12,19,21H,13-15H2,1-2H3,(H,24,27)/t19-,21?,31?/m0/s1. The third-order valence-corrected chi connectivity index (χ3v) is 8.56. The number of ether oxygens (including phenoxy) is 3. The van der Waals surface area contributed by atoms with Crippen LogP contribution in [0, 0.1) is 0 Å². The fourth-order valence-electron chi connectivity index (χ4n) is 2.86. The number of carbonyl (C=O) groups is 3. The van der Waals surface area contributed by atoms with Crippen LogP contribution in [-0.4, -0.2) is 37.3 Å². The molecule has 1 amide bonds. The Kier molecular flexibility index (Phi) is 10.2. The van der Waals surface area contributed by atoms with Crippen LogP contribution in [0.3, 0.4) is 0 Å². The maximum Gasteiger partial charge on any atom is 0.408 e. The molecule has 0 aliphatic rings. The molecule has 2 aromatic carbocycles. The van der Waals surface area contributed by atoms with E-state index < -0.39 is 35.3 Å². The van der Waals surface area contributed by atoms with Crippen LogP contribution in [0.25, 0.3) is 0 Å². The molecule has 7 nitrogen and oxygen atoms in total. The first-order valence-corrected chi connectivity index (χ1v) is 13.7. The highest BCUT2D eigenvalue weighted by Gasteiger charge is 2.33. The SMILES string of the molecule is COC(=O)[C@H](CCP(=S)(Cl)C(OC(C)=O)c1ccccc1)NC(=O)OCc1ccccc1. The van der Waals surface area contributed by atoms with E-state index in [0.717, 1.165) is 5.56 Å². The van der Waals surface area contributed by atoms with Gasteiger partial charge in [-0.2, -0.15) is 0 Å². The molecular formula is C22H25ClNO6PS. The summed E-state index contributed by atoms with van der Waals surface area (Å²) in [6.07, 6.45) is -0.514. The number of nitrogens with one attached hydrogen (secondary N) is 1. The van der Waals surface area contributed by atoms with Gasteiger partial charge in [-0.25, -0.2) is 9.59 Å². The lowest BCUT2D eigenvalue weighted by Gasteiger charge is -2.27. The van der Waals surface area contributed by atoms with Crippen LogP contribution >= 0.6 is 16.6 Å². The van der Waals surface area contributed by atoms with Crippen molar-refractivity contribution in [1.82, 2.24) is 5.32 Å². The highest BCUT2D eigenvalue weighted by molar-refractivity contribution is 8.27. The van der Waals surface area contributed by atoms with Crippen molar-refractivity contribution in [1.29, 1.82) is 0 Å². The predicted octanol–water partition coefficient (Wildman–Crippen LogP) is 4.74. The van der Waals surface area contributed by atoms with Gasteiger partial charge in [0, 0.05) is 6.92 Å². The van der Waals surface area contributed by atoms with E-state index in [1.807, 2.05) is 36.4 Å². The van der Waals surface area contributed by atoms with E-state index in [2.05, 4.69) is 5.32 Å². The molecule has 10 heteroatoms. The van der Waals surface area contributed by atoms with E-state index in [0.29, 0.717) is 5.56 Å². The first-order chi connectivity index (χ1) is 15.2. The van der Waals surface area contributed by atoms with Gasteiger partial charge in [0.15, 0.2) is 5.85 Å². The number of benzene rings is 2. The largest absolute Gasteiger partial charge is 0.467 e. The average Bonchev–Trinajstić information content (AvgIpc) is 2.79. The second-order valence-corrected chi connectivity index (χ2v) is 13.6. The van der Waals surface area contributed by atoms with Crippen LogP contribution in [-0.2, 0) is 42.2 Å². The topological polar surface area (TPSA) is 90.9 Å². The van der Waals surface area contributed by atoms with Crippen LogP contribution in [0.2, 0.25) is 0 Å². The van der Waals surface area contributed by atoms with E-state index in [9.17, 15) is 14.4 Å². The van der Waals surface area contributed by atoms with Gasteiger partial charge in [0.25, 0.3) is 0 Å². The number of alkyl carbamates (subject to hydrolysis) is 1. The molecule has 0 aromatic heterocycles. The minimum atomic E-state index is -2.83. The number of carbonyl (C=O) groups excluding carboxylic acids is 3. The number of hydrogen-bond donors (Lipinski definition) is 1. The van der Waals surface area contributed by atoms with Gasteiger partial charge in [-0.15, -0.1) is 0 Å². The minimum Gasteiger partial charge on any atom is -0.467 e. The smallest absolute Gasteiger partial charge is 0.408 e. The second-order valence-electron chi connectivity index (χ2n) is 6.87. The number of amides is 1. The quantitative estimate of drug-likeness (QED) is 0.288. The van der Waals surface area contributed by atoms with Gasteiger partial charge in [0.1, 0.15) is 12.6 Å². The number of halogens is 1. The summed E-state index contributed by atoms with van der Waals surface area (Å²) >= 11 is 12.3. The van der Waals surface area contributed by atoms with Crippen LogP contribution in [0.5, 0.6) is 0 Å². The summed E-state index contributed by atoms with van der Waals surface area (Å²) in [5, 5.41) is -0.327.